The highest BCUT2D eigenvalue weighted by Gasteiger charge is 2.66. The summed E-state index contributed by atoms with van der Waals surface area (Å²) in [5.41, 5.74) is 1.05. The van der Waals surface area contributed by atoms with Gasteiger partial charge in [-0.3, -0.25) is 0 Å². The van der Waals surface area contributed by atoms with E-state index in [2.05, 4.69) is 0 Å². The van der Waals surface area contributed by atoms with Crippen LogP contribution >= 0.6 is 0 Å². The minimum atomic E-state index is -5.43. The number of hydrogen-bond acceptors (Lipinski definition) is 0. The van der Waals surface area contributed by atoms with Gasteiger partial charge in [0, 0.05) is 0 Å². The van der Waals surface area contributed by atoms with Crippen molar-refractivity contribution in [2.75, 3.05) is 8.86 Å². The van der Waals surface area contributed by atoms with Crippen LogP contribution in [0.5, 0.6) is 0 Å². The van der Waals surface area contributed by atoms with Gasteiger partial charge in [0.1, 0.15) is 0 Å². The Bertz CT molecular complexity index is 850. The average molecular weight is 736 g/mol. The predicted octanol–water partition coefficient (Wildman–Crippen LogP) is 0.942. The zero-order valence-electron chi connectivity index (χ0n) is 16.5. The molecule has 14 heteroatoms. The summed E-state index contributed by atoms with van der Waals surface area (Å²) in [5, 5.41) is 0. The van der Waals surface area contributed by atoms with Crippen molar-refractivity contribution >= 4 is 0 Å². The van der Waals surface area contributed by atoms with Crippen LogP contribution in [0.3, 0.4) is 0 Å². The molecule has 2 aromatic carbocycles. The first-order valence-electron chi connectivity index (χ1n) is 8.97. The number of halogens is 14. The highest BCUT2D eigenvalue weighted by Crippen LogP contribution is 2.38. The van der Waals surface area contributed by atoms with Crippen molar-refractivity contribution in [2.45, 2.75) is 36.5 Å². The highest BCUT2D eigenvalue weighted by atomic mass is 127. The van der Waals surface area contributed by atoms with E-state index in [4.69, 9.17) is 0 Å². The van der Waals surface area contributed by atoms with Crippen molar-refractivity contribution < 1.29 is 95.1 Å². The maximum atomic E-state index is 13.4. The number of alkyl halides is 14. The molecule has 0 saturated carbocycles. The summed E-state index contributed by atoms with van der Waals surface area (Å²) >= 11 is -3.44. The van der Waals surface area contributed by atoms with Gasteiger partial charge in [0.2, 0.25) is 8.86 Å². The van der Waals surface area contributed by atoms with Gasteiger partial charge in [-0.15, -0.1) is 0 Å². The molecule has 0 atom stereocenters. The quantitative estimate of drug-likeness (QED) is 0.183. The van der Waals surface area contributed by atoms with E-state index in [0.29, 0.717) is 11.1 Å². The van der Waals surface area contributed by atoms with Crippen molar-refractivity contribution in [3.63, 3.8) is 0 Å². The van der Waals surface area contributed by atoms with E-state index in [9.17, 15) is 52.7 Å². The van der Waals surface area contributed by atoms with Crippen LogP contribution in [0.15, 0.2) is 48.5 Å². The third-order valence-electron chi connectivity index (χ3n) is 4.32. The lowest BCUT2D eigenvalue weighted by atomic mass is 10.1. The maximum absolute atomic E-state index is 13.4. The average Bonchev–Trinajstić information content (AvgIpc) is 2.76. The van der Waals surface area contributed by atoms with E-state index in [0.717, 1.165) is 0 Å². The Kier molecular flexibility index (Phi) is 9.46. The summed E-state index contributed by atoms with van der Waals surface area (Å²) in [4.78, 5) is 0. The minimum Gasteiger partial charge on any atom is -0.203 e. The van der Waals surface area contributed by atoms with Gasteiger partial charge in [-0.05, 0) is 59.7 Å². The molecule has 0 saturated heterocycles. The molecule has 34 heavy (non-hydrogen) atoms. The second-order valence-corrected chi connectivity index (χ2v) is 12.3. The molecule has 0 aromatic heterocycles. The first kappa shape index (κ1) is 29.3. The molecule has 0 amide bonds. The number of benzene rings is 2. The van der Waals surface area contributed by atoms with E-state index in [1.54, 1.807) is 0 Å². The van der Waals surface area contributed by atoms with Crippen LogP contribution in [0.25, 0.3) is 11.1 Å². The Morgan fingerprint density at radius 2 is 0.765 bits per heavy atom. The third-order valence-corrected chi connectivity index (χ3v) is 10.2. The normalized spacial score (nSPS) is 13.7. The summed E-state index contributed by atoms with van der Waals surface area (Å²) in [5.74, 6) is -20.6. The molecule has 0 aliphatic rings. The van der Waals surface area contributed by atoms with Crippen molar-refractivity contribution in [1.29, 1.82) is 0 Å². The zero-order valence-corrected chi connectivity index (χ0v) is 20.8. The van der Waals surface area contributed by atoms with Crippen LogP contribution in [-0.2, 0) is 0 Å². The van der Waals surface area contributed by atoms with Gasteiger partial charge < -0.3 is 0 Å². The largest absolute Gasteiger partial charge is 0.373 e. The number of hydrogen-bond donors (Lipinski definition) is 0. The molecule has 2 aromatic rings. The van der Waals surface area contributed by atoms with Crippen LogP contribution < -0.4 is 42.4 Å². The predicted molar refractivity (Wildman–Crippen MR) is 90.8 cm³/mol. The van der Waals surface area contributed by atoms with E-state index in [1.165, 1.54) is 48.5 Å². The van der Waals surface area contributed by atoms with Crippen molar-refractivity contribution in [3.05, 3.63) is 55.7 Å². The first-order chi connectivity index (χ1) is 15.5. The third kappa shape index (κ3) is 6.63. The molecule has 0 aliphatic carbocycles. The van der Waals surface area contributed by atoms with E-state index < -0.39 is 87.8 Å². The summed E-state index contributed by atoms with van der Waals surface area (Å²) in [6.07, 6.45) is -8.99. The minimum absolute atomic E-state index is 0.289. The zero-order chi connectivity index (χ0) is 25.9. The van der Waals surface area contributed by atoms with Crippen LogP contribution in [-0.4, -0.2) is 45.4 Å². The number of rotatable bonds is 11. The summed E-state index contributed by atoms with van der Waals surface area (Å²) < 4.78 is 152. The fourth-order valence-corrected chi connectivity index (χ4v) is 6.87. The molecule has 0 nitrogen and oxygen atoms in total. The molecule has 0 unspecified atom stereocenters. The van der Waals surface area contributed by atoms with Crippen LogP contribution in [0, 0.1) is 7.14 Å². The molecule has 0 N–H and O–H groups in total. The van der Waals surface area contributed by atoms with Crippen molar-refractivity contribution in [2.24, 2.45) is 0 Å². The van der Waals surface area contributed by atoms with Crippen LogP contribution in [0.4, 0.5) is 52.7 Å². The molecule has 0 radical (unpaired) electrons. The van der Waals surface area contributed by atoms with Crippen molar-refractivity contribution in [3.8, 4) is 11.1 Å². The van der Waals surface area contributed by atoms with Gasteiger partial charge >= 0.3 is 79.0 Å². The Morgan fingerprint density at radius 1 is 0.500 bits per heavy atom. The van der Waals surface area contributed by atoms with Gasteiger partial charge in [-0.1, -0.05) is 0 Å². The lowest BCUT2D eigenvalue weighted by Crippen LogP contribution is -3.63. The maximum Gasteiger partial charge on any atom is 0.373 e. The highest BCUT2D eigenvalue weighted by molar-refractivity contribution is 5.62. The van der Waals surface area contributed by atoms with E-state index in [1.807, 2.05) is 0 Å². The second-order valence-electron chi connectivity index (χ2n) is 6.80. The molecule has 0 spiro atoms. The monoisotopic (exact) mass is 736 g/mol. The smallest absolute Gasteiger partial charge is 0.203 e. The molecule has 2 rings (SSSR count). The summed E-state index contributed by atoms with van der Waals surface area (Å²) in [6.45, 7) is 0. The lowest BCUT2D eigenvalue weighted by Gasteiger charge is -2.21. The fourth-order valence-electron chi connectivity index (χ4n) is 2.28. The van der Waals surface area contributed by atoms with Gasteiger partial charge in [-0.2, -0.15) is 35.1 Å². The summed E-state index contributed by atoms with van der Waals surface area (Å²) in [6, 6.07) is 11.3. The first-order valence-corrected chi connectivity index (χ1v) is 14.2. The topological polar surface area (TPSA) is 0 Å². The van der Waals surface area contributed by atoms with Gasteiger partial charge in [0.25, 0.3) is 0 Å². The molecule has 0 bridgehead atoms. The fraction of sp³-hybridized carbons (Fsp3) is 0.400. The molecule has 0 aliphatic heterocycles. The SMILES string of the molecule is FC(F)C(F)(F)C(F)(F)C[I+]c1ccc(-c2ccc([I+]CC(F)(F)C(F)(F)C(F)F)cc2)cc1. The summed E-state index contributed by atoms with van der Waals surface area (Å²) in [7, 11) is 0. The Hall–Kier alpha value is -0.940. The second kappa shape index (κ2) is 11.0. The molecule has 190 valence electrons. The lowest BCUT2D eigenvalue weighted by molar-refractivity contribution is -0.649. The van der Waals surface area contributed by atoms with Crippen LogP contribution in [0.1, 0.15) is 0 Å². The van der Waals surface area contributed by atoms with Gasteiger partial charge in [0.05, 0.1) is 0 Å². The molecular weight excluding hydrogens is 722 g/mol. The molecule has 0 heterocycles. The van der Waals surface area contributed by atoms with Gasteiger partial charge in [0.15, 0.2) is 7.14 Å². The molecular formula is C20H14F12I2+2. The molecule has 0 fully saturated rings. The standard InChI is InChI=1S/C20H14F12I2/c21-15(22)19(29,30)17(25,26)9-33-13-5-1-11(2-6-13)12-3-7-14(8-4-12)34-10-18(27,28)20(31,32)16(23)24/h1-8,15-16H,9-10H2/q+2. The van der Waals surface area contributed by atoms with Crippen LogP contribution in [0.2, 0.25) is 0 Å². The Balaban J connectivity index is 2.01. The van der Waals surface area contributed by atoms with E-state index >= 15 is 0 Å². The van der Waals surface area contributed by atoms with Crippen molar-refractivity contribution in [1.82, 2.24) is 0 Å². The van der Waals surface area contributed by atoms with Gasteiger partial charge in [-0.25, -0.2) is 17.6 Å². The Labute approximate surface area is 206 Å². The Morgan fingerprint density at radius 3 is 1.00 bits per heavy atom. The van der Waals surface area contributed by atoms with E-state index in [-0.39, 0.29) is 7.14 Å².